The highest BCUT2D eigenvalue weighted by atomic mass is 19.4. The van der Waals surface area contributed by atoms with Crippen LogP contribution in [0.3, 0.4) is 0 Å². The number of nitrogens with zero attached hydrogens (tertiary/aromatic N) is 2. The molecule has 0 spiro atoms. The topological polar surface area (TPSA) is 80.9 Å². The number of pyridine rings is 2. The average molecular weight is 460 g/mol. The number of halogens is 9. The third-order valence-corrected chi connectivity index (χ3v) is 4.01. The maximum atomic E-state index is 13.4. The maximum absolute atomic E-state index is 13.4. The van der Waals surface area contributed by atoms with Gasteiger partial charge in [0.2, 0.25) is 0 Å². The van der Waals surface area contributed by atoms with Gasteiger partial charge in [0, 0.05) is 24.0 Å². The normalized spacial score (nSPS) is 12.9. The Bertz CT molecular complexity index is 936. The first-order valence-electron chi connectivity index (χ1n) is 8.24. The Morgan fingerprint density at radius 2 is 1.65 bits per heavy atom. The SMILES string of the molecule is Cc1ccc(-c2nc(C(=O)NCC(C(F)(F)F)C(F)(F)F)c(N)cc2C(F)(F)F)cn1. The van der Waals surface area contributed by atoms with Gasteiger partial charge in [-0.1, -0.05) is 0 Å². The van der Waals surface area contributed by atoms with Crippen LogP contribution in [-0.2, 0) is 6.18 Å². The van der Waals surface area contributed by atoms with Crippen LogP contribution in [0.25, 0.3) is 11.3 Å². The van der Waals surface area contributed by atoms with Crippen molar-refractivity contribution in [2.24, 2.45) is 5.92 Å². The lowest BCUT2D eigenvalue weighted by Crippen LogP contribution is -2.45. The molecule has 0 bridgehead atoms. The number of amides is 1. The smallest absolute Gasteiger partial charge is 0.397 e. The summed E-state index contributed by atoms with van der Waals surface area (Å²) >= 11 is 0. The number of alkyl halides is 9. The summed E-state index contributed by atoms with van der Waals surface area (Å²) in [5, 5.41) is 1.38. The van der Waals surface area contributed by atoms with Crippen LogP contribution in [0.15, 0.2) is 24.4 Å². The second kappa shape index (κ2) is 8.23. The molecule has 2 rings (SSSR count). The van der Waals surface area contributed by atoms with Gasteiger partial charge in [-0.15, -0.1) is 0 Å². The van der Waals surface area contributed by atoms with Gasteiger partial charge in [0.25, 0.3) is 5.91 Å². The van der Waals surface area contributed by atoms with Crippen molar-refractivity contribution < 1.29 is 44.3 Å². The fourth-order valence-corrected chi connectivity index (χ4v) is 2.45. The summed E-state index contributed by atoms with van der Waals surface area (Å²) in [7, 11) is 0. The third-order valence-electron chi connectivity index (χ3n) is 4.01. The molecule has 0 saturated heterocycles. The molecule has 5 nitrogen and oxygen atoms in total. The summed E-state index contributed by atoms with van der Waals surface area (Å²) in [5.41, 5.74) is 1.59. The molecular formula is C17H13F9N4O. The molecule has 0 aromatic carbocycles. The second-order valence-electron chi connectivity index (χ2n) is 6.35. The van der Waals surface area contributed by atoms with E-state index in [1.54, 1.807) is 6.92 Å². The molecule has 0 atom stereocenters. The number of hydrogen-bond donors (Lipinski definition) is 2. The minimum atomic E-state index is -5.72. The third kappa shape index (κ3) is 5.76. The number of nitrogen functional groups attached to an aromatic ring is 1. The summed E-state index contributed by atoms with van der Waals surface area (Å²) in [6, 6.07) is 2.85. The highest BCUT2D eigenvalue weighted by Crippen LogP contribution is 2.39. The molecule has 2 aromatic rings. The van der Waals surface area contributed by atoms with E-state index >= 15 is 0 Å². The number of nitrogens with one attached hydrogen (secondary N) is 1. The number of aryl methyl sites for hydroxylation is 1. The molecule has 0 unspecified atom stereocenters. The Labute approximate surface area is 168 Å². The molecule has 2 aromatic heterocycles. The molecule has 170 valence electrons. The van der Waals surface area contributed by atoms with Gasteiger partial charge in [0.15, 0.2) is 11.6 Å². The van der Waals surface area contributed by atoms with Crippen molar-refractivity contribution in [2.45, 2.75) is 25.5 Å². The van der Waals surface area contributed by atoms with E-state index in [4.69, 9.17) is 5.73 Å². The first kappa shape index (κ1) is 24.2. The van der Waals surface area contributed by atoms with Gasteiger partial charge in [0.1, 0.15) is 0 Å². The number of anilines is 1. The van der Waals surface area contributed by atoms with E-state index in [0.717, 1.165) is 6.20 Å². The Morgan fingerprint density at radius 3 is 2.10 bits per heavy atom. The van der Waals surface area contributed by atoms with E-state index in [-0.39, 0.29) is 5.56 Å². The van der Waals surface area contributed by atoms with Crippen LogP contribution in [0.1, 0.15) is 21.7 Å². The van der Waals surface area contributed by atoms with Gasteiger partial charge in [-0.3, -0.25) is 9.78 Å². The zero-order chi connectivity index (χ0) is 23.8. The summed E-state index contributed by atoms with van der Waals surface area (Å²) in [6.45, 7) is -0.364. The lowest BCUT2D eigenvalue weighted by atomic mass is 10.0. The number of carbonyl (C=O) groups excluding carboxylic acids is 1. The maximum Gasteiger partial charge on any atom is 0.418 e. The number of rotatable bonds is 4. The minimum Gasteiger partial charge on any atom is -0.397 e. The van der Waals surface area contributed by atoms with Gasteiger partial charge in [-0.05, 0) is 25.1 Å². The molecule has 0 aliphatic carbocycles. The molecule has 0 aliphatic rings. The van der Waals surface area contributed by atoms with E-state index in [1.807, 2.05) is 0 Å². The van der Waals surface area contributed by atoms with Crippen molar-refractivity contribution in [2.75, 3.05) is 12.3 Å². The Balaban J connectivity index is 2.46. The lowest BCUT2D eigenvalue weighted by molar-refractivity contribution is -0.281. The second-order valence-corrected chi connectivity index (χ2v) is 6.35. The predicted octanol–water partition coefficient (Wildman–Crippen LogP) is 4.52. The molecule has 0 fully saturated rings. The Kier molecular flexibility index (Phi) is 6.43. The van der Waals surface area contributed by atoms with E-state index < -0.39 is 59.5 Å². The zero-order valence-corrected chi connectivity index (χ0v) is 15.4. The molecule has 0 saturated carbocycles. The summed E-state index contributed by atoms with van der Waals surface area (Å²) < 4.78 is 116. The molecule has 1 amide bonds. The molecule has 14 heteroatoms. The van der Waals surface area contributed by atoms with E-state index in [9.17, 15) is 44.3 Å². The first-order valence-corrected chi connectivity index (χ1v) is 8.24. The van der Waals surface area contributed by atoms with Gasteiger partial charge < -0.3 is 11.1 Å². The molecular weight excluding hydrogens is 447 g/mol. The van der Waals surface area contributed by atoms with Crippen LogP contribution < -0.4 is 11.1 Å². The van der Waals surface area contributed by atoms with Crippen molar-refractivity contribution >= 4 is 11.6 Å². The highest BCUT2D eigenvalue weighted by molar-refractivity contribution is 5.98. The predicted molar refractivity (Wildman–Crippen MR) is 89.6 cm³/mol. The largest absolute Gasteiger partial charge is 0.418 e. The quantitative estimate of drug-likeness (QED) is 0.658. The Hall–Kier alpha value is -3.06. The fraction of sp³-hybridized carbons (Fsp3) is 0.353. The van der Waals surface area contributed by atoms with Gasteiger partial charge in [-0.2, -0.15) is 39.5 Å². The number of nitrogens with two attached hydrogens (primary N) is 1. The first-order chi connectivity index (χ1) is 14.0. The number of aromatic nitrogens is 2. The Morgan fingerprint density at radius 1 is 1.06 bits per heavy atom. The number of carbonyl (C=O) groups is 1. The summed E-state index contributed by atoms with van der Waals surface area (Å²) in [6.07, 6.45) is -15.4. The van der Waals surface area contributed by atoms with Crippen LogP contribution in [0.4, 0.5) is 45.2 Å². The average Bonchev–Trinajstić information content (AvgIpc) is 2.59. The van der Waals surface area contributed by atoms with E-state index in [0.29, 0.717) is 11.8 Å². The van der Waals surface area contributed by atoms with Gasteiger partial charge in [-0.25, -0.2) is 4.98 Å². The molecule has 0 aliphatic heterocycles. The van der Waals surface area contributed by atoms with Crippen molar-refractivity contribution in [1.82, 2.24) is 15.3 Å². The van der Waals surface area contributed by atoms with Gasteiger partial charge >= 0.3 is 18.5 Å². The van der Waals surface area contributed by atoms with Crippen LogP contribution >= 0.6 is 0 Å². The van der Waals surface area contributed by atoms with Crippen LogP contribution in [0, 0.1) is 12.8 Å². The van der Waals surface area contributed by atoms with E-state index in [2.05, 4.69) is 9.97 Å². The standard InChI is InChI=1S/C17H13F9N4O/c1-7-2-3-8(5-28-7)12-9(15(18,19)20)4-10(27)13(30-12)14(31)29-6-11(16(21,22)23)17(24,25)26/h2-5,11H,6,27H2,1H3,(H,29,31). The van der Waals surface area contributed by atoms with Crippen molar-refractivity contribution in [3.8, 4) is 11.3 Å². The minimum absolute atomic E-state index is 0.199. The van der Waals surface area contributed by atoms with E-state index in [1.165, 1.54) is 17.4 Å². The van der Waals surface area contributed by atoms with Gasteiger partial charge in [0.05, 0.1) is 16.9 Å². The van der Waals surface area contributed by atoms with Crippen LogP contribution in [0.5, 0.6) is 0 Å². The molecule has 31 heavy (non-hydrogen) atoms. The van der Waals surface area contributed by atoms with Crippen LogP contribution in [0.2, 0.25) is 0 Å². The van der Waals surface area contributed by atoms with Crippen molar-refractivity contribution in [3.05, 3.63) is 41.3 Å². The van der Waals surface area contributed by atoms with Crippen molar-refractivity contribution in [1.29, 1.82) is 0 Å². The lowest BCUT2D eigenvalue weighted by Gasteiger charge is -2.23. The monoisotopic (exact) mass is 460 g/mol. The van der Waals surface area contributed by atoms with Crippen molar-refractivity contribution in [3.63, 3.8) is 0 Å². The molecule has 2 heterocycles. The highest BCUT2D eigenvalue weighted by Gasteiger charge is 2.56. The molecule has 0 radical (unpaired) electrons. The fourth-order valence-electron chi connectivity index (χ4n) is 2.45. The summed E-state index contributed by atoms with van der Waals surface area (Å²) in [4.78, 5) is 19.4. The zero-order valence-electron chi connectivity index (χ0n) is 15.4. The summed E-state index contributed by atoms with van der Waals surface area (Å²) in [5.74, 6) is -5.49. The number of hydrogen-bond acceptors (Lipinski definition) is 4. The van der Waals surface area contributed by atoms with Crippen LogP contribution in [-0.4, -0.2) is 34.8 Å². The molecule has 3 N–H and O–H groups in total.